The van der Waals surface area contributed by atoms with Crippen LogP contribution in [0.5, 0.6) is 11.5 Å². The van der Waals surface area contributed by atoms with E-state index in [0.29, 0.717) is 35.1 Å². The van der Waals surface area contributed by atoms with Gasteiger partial charge in [0.05, 0.1) is 18.4 Å². The summed E-state index contributed by atoms with van der Waals surface area (Å²) in [4.78, 5) is 24.3. The van der Waals surface area contributed by atoms with Gasteiger partial charge in [0.2, 0.25) is 0 Å². The quantitative estimate of drug-likeness (QED) is 0.425. The van der Waals surface area contributed by atoms with Crippen LogP contribution in [0.4, 0.5) is 0 Å². The van der Waals surface area contributed by atoms with E-state index < -0.39 is 0 Å². The smallest absolute Gasteiger partial charge is 0.281 e. The molecule has 1 aliphatic rings. The number of hydrogen-bond acceptors (Lipinski definition) is 5. The fourth-order valence-electron chi connectivity index (χ4n) is 3.68. The van der Waals surface area contributed by atoms with E-state index in [1.165, 1.54) is 5.01 Å². The van der Waals surface area contributed by atoms with Crippen LogP contribution in [0.3, 0.4) is 0 Å². The molecule has 0 radical (unpaired) electrons. The van der Waals surface area contributed by atoms with Gasteiger partial charge in [0, 0.05) is 17.0 Å². The summed E-state index contributed by atoms with van der Waals surface area (Å²) in [5, 5.41) is 6.75. The van der Waals surface area contributed by atoms with Gasteiger partial charge >= 0.3 is 0 Å². The lowest BCUT2D eigenvalue weighted by atomic mass is 9.98. The Morgan fingerprint density at radius 2 is 1.82 bits per heavy atom. The molecular weight excluding hydrogens is 440 g/mol. The number of ether oxygens (including phenoxy) is 2. The molecule has 3 aromatic rings. The van der Waals surface area contributed by atoms with Gasteiger partial charge in [-0.1, -0.05) is 54.1 Å². The molecule has 0 aliphatic carbocycles. The fourth-order valence-corrected chi connectivity index (χ4v) is 3.81. The number of amides is 1. The summed E-state index contributed by atoms with van der Waals surface area (Å²) in [7, 11) is 0. The molecule has 0 saturated carbocycles. The van der Waals surface area contributed by atoms with Crippen molar-refractivity contribution in [3.63, 3.8) is 0 Å². The zero-order chi connectivity index (χ0) is 23.2. The van der Waals surface area contributed by atoms with Crippen LogP contribution in [0, 0.1) is 0 Å². The van der Waals surface area contributed by atoms with Gasteiger partial charge in [0.25, 0.3) is 5.91 Å². The Hall–Kier alpha value is -3.64. The Bertz CT molecular complexity index is 1160. The zero-order valence-electron chi connectivity index (χ0n) is 18.1. The lowest BCUT2D eigenvalue weighted by Gasteiger charge is -2.22. The number of rotatable bonds is 8. The Morgan fingerprint density at radius 3 is 2.52 bits per heavy atom. The first-order chi connectivity index (χ1) is 16.1. The molecule has 1 atom stereocenters. The standard InChI is InChI=1S/C26H23ClN2O4/c1-2-32-25-14-18(16-30)8-13-24(25)33-17-26(31)29-23(20-9-11-21(27)12-10-20)15-22(28-29)19-6-4-3-5-7-19/h3-14,16,23H,2,15,17H2,1H3. The highest BCUT2D eigenvalue weighted by atomic mass is 35.5. The number of benzene rings is 3. The highest BCUT2D eigenvalue weighted by Crippen LogP contribution is 2.34. The first-order valence-electron chi connectivity index (χ1n) is 10.6. The van der Waals surface area contributed by atoms with Crippen LogP contribution in [-0.4, -0.2) is 36.1 Å². The van der Waals surface area contributed by atoms with Crippen molar-refractivity contribution >= 4 is 29.5 Å². The van der Waals surface area contributed by atoms with Crippen LogP contribution >= 0.6 is 11.6 Å². The lowest BCUT2D eigenvalue weighted by molar-refractivity contribution is -0.135. The first-order valence-corrected chi connectivity index (χ1v) is 11.0. The van der Waals surface area contributed by atoms with Crippen molar-refractivity contribution in [2.75, 3.05) is 13.2 Å². The van der Waals surface area contributed by atoms with Gasteiger partial charge in [0.15, 0.2) is 18.1 Å². The predicted octanol–water partition coefficient (Wildman–Crippen LogP) is 5.31. The topological polar surface area (TPSA) is 68.2 Å². The maximum Gasteiger partial charge on any atom is 0.281 e. The lowest BCUT2D eigenvalue weighted by Crippen LogP contribution is -2.31. The SMILES string of the molecule is CCOc1cc(C=O)ccc1OCC(=O)N1N=C(c2ccccc2)CC1c1ccc(Cl)cc1. The van der Waals surface area contributed by atoms with Crippen LogP contribution < -0.4 is 9.47 Å². The average molecular weight is 463 g/mol. The molecule has 1 unspecified atom stereocenters. The summed E-state index contributed by atoms with van der Waals surface area (Å²) in [5.41, 5.74) is 3.20. The van der Waals surface area contributed by atoms with Gasteiger partial charge in [0.1, 0.15) is 6.29 Å². The first kappa shape index (κ1) is 22.6. The molecule has 3 aromatic carbocycles. The van der Waals surface area contributed by atoms with Crippen LogP contribution in [0.15, 0.2) is 77.9 Å². The van der Waals surface area contributed by atoms with Gasteiger partial charge in [-0.15, -0.1) is 0 Å². The number of carbonyl (C=O) groups excluding carboxylic acids is 2. The largest absolute Gasteiger partial charge is 0.490 e. The van der Waals surface area contributed by atoms with Crippen molar-refractivity contribution in [1.29, 1.82) is 0 Å². The highest BCUT2D eigenvalue weighted by Gasteiger charge is 2.33. The molecule has 0 N–H and O–H groups in total. The molecule has 33 heavy (non-hydrogen) atoms. The summed E-state index contributed by atoms with van der Waals surface area (Å²) < 4.78 is 11.4. The van der Waals surface area contributed by atoms with Gasteiger partial charge in [-0.2, -0.15) is 5.10 Å². The van der Waals surface area contributed by atoms with Gasteiger partial charge < -0.3 is 9.47 Å². The molecule has 0 bridgehead atoms. The monoisotopic (exact) mass is 462 g/mol. The molecular formula is C26H23ClN2O4. The third-order valence-corrected chi connectivity index (χ3v) is 5.53. The number of hydrogen-bond donors (Lipinski definition) is 0. The average Bonchev–Trinajstić information content (AvgIpc) is 3.30. The molecule has 1 heterocycles. The summed E-state index contributed by atoms with van der Waals surface area (Å²) in [6, 6.07) is 21.8. The molecule has 168 valence electrons. The second-order valence-corrected chi connectivity index (χ2v) is 7.90. The number of carbonyl (C=O) groups is 2. The van der Waals surface area contributed by atoms with Crippen molar-refractivity contribution < 1.29 is 19.1 Å². The minimum absolute atomic E-state index is 0.226. The maximum atomic E-state index is 13.2. The maximum absolute atomic E-state index is 13.2. The zero-order valence-corrected chi connectivity index (χ0v) is 18.9. The van der Waals surface area contributed by atoms with Gasteiger partial charge in [-0.25, -0.2) is 5.01 Å². The Balaban J connectivity index is 1.57. The van der Waals surface area contributed by atoms with Crippen molar-refractivity contribution in [2.24, 2.45) is 5.10 Å². The number of halogens is 1. The van der Waals surface area contributed by atoms with E-state index in [2.05, 4.69) is 5.10 Å². The third-order valence-electron chi connectivity index (χ3n) is 5.28. The van der Waals surface area contributed by atoms with Crippen LogP contribution in [0.1, 0.15) is 40.9 Å². The number of hydrazone groups is 1. The van der Waals surface area contributed by atoms with Crippen molar-refractivity contribution in [3.8, 4) is 11.5 Å². The van der Waals surface area contributed by atoms with E-state index >= 15 is 0 Å². The molecule has 1 amide bonds. The second-order valence-electron chi connectivity index (χ2n) is 7.47. The highest BCUT2D eigenvalue weighted by molar-refractivity contribution is 6.30. The minimum Gasteiger partial charge on any atom is -0.490 e. The molecule has 0 fully saturated rings. The Morgan fingerprint density at radius 1 is 1.06 bits per heavy atom. The summed E-state index contributed by atoms with van der Waals surface area (Å²) in [5.74, 6) is 0.521. The van der Waals surface area contributed by atoms with Crippen LogP contribution in [0.2, 0.25) is 5.02 Å². The summed E-state index contributed by atoms with van der Waals surface area (Å²) in [6.45, 7) is 2.02. The molecule has 0 spiro atoms. The van der Waals surface area contributed by atoms with E-state index in [1.54, 1.807) is 30.3 Å². The Labute approximate surface area is 197 Å². The minimum atomic E-state index is -0.289. The summed E-state index contributed by atoms with van der Waals surface area (Å²) >= 11 is 6.06. The fraction of sp³-hybridized carbons (Fsp3) is 0.192. The van der Waals surface area contributed by atoms with Crippen molar-refractivity contribution in [3.05, 3.63) is 94.5 Å². The van der Waals surface area contributed by atoms with Crippen molar-refractivity contribution in [1.82, 2.24) is 5.01 Å². The van der Waals surface area contributed by atoms with Crippen molar-refractivity contribution in [2.45, 2.75) is 19.4 Å². The van der Waals surface area contributed by atoms with Gasteiger partial charge in [-0.05, 0) is 48.4 Å². The van der Waals surface area contributed by atoms with E-state index in [0.717, 1.165) is 23.1 Å². The second kappa shape index (κ2) is 10.3. The Kier molecular flexibility index (Phi) is 7.05. The van der Waals surface area contributed by atoms with E-state index in [9.17, 15) is 9.59 Å². The van der Waals surface area contributed by atoms with E-state index in [1.807, 2.05) is 49.4 Å². The number of nitrogens with zero attached hydrogens (tertiary/aromatic N) is 2. The van der Waals surface area contributed by atoms with Gasteiger partial charge in [-0.3, -0.25) is 9.59 Å². The summed E-state index contributed by atoms with van der Waals surface area (Å²) in [6.07, 6.45) is 1.31. The molecule has 0 saturated heterocycles. The molecule has 7 heteroatoms. The third kappa shape index (κ3) is 5.23. The van der Waals surface area contributed by atoms with E-state index in [-0.39, 0.29) is 18.6 Å². The predicted molar refractivity (Wildman–Crippen MR) is 127 cm³/mol. The molecule has 0 aromatic heterocycles. The normalized spacial score (nSPS) is 15.2. The van der Waals surface area contributed by atoms with Crippen LogP contribution in [-0.2, 0) is 4.79 Å². The molecule has 1 aliphatic heterocycles. The van der Waals surface area contributed by atoms with E-state index in [4.69, 9.17) is 21.1 Å². The number of aldehydes is 1. The molecule has 4 rings (SSSR count). The van der Waals surface area contributed by atoms with Crippen LogP contribution in [0.25, 0.3) is 0 Å². The molecule has 6 nitrogen and oxygen atoms in total.